The monoisotopic (exact) mass is 369 g/mol. The molecule has 0 saturated carbocycles. The van der Waals surface area contributed by atoms with Crippen molar-refractivity contribution >= 4 is 5.91 Å². The molecule has 3 heterocycles. The third kappa shape index (κ3) is 3.72. The number of nitrogens with zero attached hydrogens (tertiary/aromatic N) is 2. The Labute approximate surface area is 159 Å². The Hall–Kier alpha value is -2.34. The van der Waals surface area contributed by atoms with Gasteiger partial charge in [0, 0.05) is 18.1 Å². The molecule has 0 aliphatic carbocycles. The fraction of sp³-hybridized carbons (Fsp3) is 0.524. The lowest BCUT2D eigenvalue weighted by Crippen LogP contribution is -2.48. The fourth-order valence-corrected chi connectivity index (χ4v) is 4.31. The molecule has 2 unspecified atom stereocenters. The van der Waals surface area contributed by atoms with Crippen molar-refractivity contribution in [3.8, 4) is 5.75 Å². The van der Waals surface area contributed by atoms with E-state index in [1.807, 2.05) is 38.1 Å². The van der Waals surface area contributed by atoms with Gasteiger partial charge in [-0.05, 0) is 58.7 Å². The molecule has 4 rings (SSSR count). The molecule has 27 heavy (non-hydrogen) atoms. The average molecular weight is 369 g/mol. The highest BCUT2D eigenvalue weighted by Crippen LogP contribution is 2.34. The first-order chi connectivity index (χ1) is 13.0. The number of rotatable bonds is 5. The number of aromatic nitrogens is 1. The van der Waals surface area contributed by atoms with Crippen molar-refractivity contribution in [1.29, 1.82) is 0 Å². The molecule has 2 fully saturated rings. The Morgan fingerprint density at radius 3 is 2.56 bits per heavy atom. The molecule has 2 aliphatic heterocycles. The van der Waals surface area contributed by atoms with Gasteiger partial charge in [0.1, 0.15) is 18.1 Å². The van der Waals surface area contributed by atoms with Gasteiger partial charge in [-0.15, -0.1) is 0 Å². The first-order valence-corrected chi connectivity index (χ1v) is 9.68. The van der Waals surface area contributed by atoms with Gasteiger partial charge in [0.2, 0.25) is 0 Å². The number of benzene rings is 1. The van der Waals surface area contributed by atoms with Crippen molar-refractivity contribution in [2.75, 3.05) is 7.05 Å². The molecule has 6 nitrogen and oxygen atoms in total. The van der Waals surface area contributed by atoms with Crippen LogP contribution >= 0.6 is 0 Å². The summed E-state index contributed by atoms with van der Waals surface area (Å²) >= 11 is 0. The molecule has 0 spiro atoms. The third-order valence-corrected chi connectivity index (χ3v) is 6.04. The van der Waals surface area contributed by atoms with Gasteiger partial charge in [-0.1, -0.05) is 22.9 Å². The number of carbonyl (C=O) groups is 1. The number of amides is 1. The standard InChI is InChI=1S/C21H27N3O3/c1-13-4-8-18(9-5-13)26-12-19-14(2)27-23-20(19)21(25)22-15-10-16-6-7-17(11-15)24(16)3/h4-5,8-9,15-17H,6-7,10-12H2,1-3H3,(H,22,25). The summed E-state index contributed by atoms with van der Waals surface area (Å²) in [5, 5.41) is 7.17. The van der Waals surface area contributed by atoms with E-state index in [2.05, 4.69) is 22.4 Å². The van der Waals surface area contributed by atoms with Crippen LogP contribution in [0.3, 0.4) is 0 Å². The summed E-state index contributed by atoms with van der Waals surface area (Å²) in [6, 6.07) is 9.21. The summed E-state index contributed by atoms with van der Waals surface area (Å²) in [6.07, 6.45) is 4.47. The highest BCUT2D eigenvalue weighted by atomic mass is 16.5. The fourth-order valence-electron chi connectivity index (χ4n) is 4.31. The van der Waals surface area contributed by atoms with E-state index < -0.39 is 0 Å². The zero-order valence-corrected chi connectivity index (χ0v) is 16.2. The number of hydrogen-bond donors (Lipinski definition) is 1. The summed E-state index contributed by atoms with van der Waals surface area (Å²) < 4.78 is 11.1. The Bertz CT molecular complexity index is 801. The largest absolute Gasteiger partial charge is 0.489 e. The van der Waals surface area contributed by atoms with E-state index in [4.69, 9.17) is 9.26 Å². The van der Waals surface area contributed by atoms with Crippen LogP contribution in [0, 0.1) is 13.8 Å². The van der Waals surface area contributed by atoms with E-state index in [0.717, 1.165) is 18.6 Å². The second-order valence-electron chi connectivity index (χ2n) is 7.86. The van der Waals surface area contributed by atoms with Crippen LogP contribution in [0.2, 0.25) is 0 Å². The lowest BCUT2D eigenvalue weighted by Gasteiger charge is -2.36. The molecule has 2 aliphatic rings. The molecule has 144 valence electrons. The maximum Gasteiger partial charge on any atom is 0.274 e. The molecule has 2 atom stereocenters. The number of fused-ring (bicyclic) bond motifs is 2. The Morgan fingerprint density at radius 2 is 1.89 bits per heavy atom. The quantitative estimate of drug-likeness (QED) is 0.876. The molecule has 2 bridgehead atoms. The Kier molecular flexibility index (Phi) is 4.91. The van der Waals surface area contributed by atoms with E-state index in [9.17, 15) is 4.79 Å². The second kappa shape index (κ2) is 7.35. The van der Waals surface area contributed by atoms with Crippen LogP contribution in [-0.2, 0) is 6.61 Å². The van der Waals surface area contributed by atoms with Gasteiger partial charge in [0.05, 0.1) is 5.56 Å². The molecule has 6 heteroatoms. The minimum Gasteiger partial charge on any atom is -0.489 e. The number of ether oxygens (including phenoxy) is 1. The summed E-state index contributed by atoms with van der Waals surface area (Å²) in [4.78, 5) is 15.3. The maximum absolute atomic E-state index is 12.8. The van der Waals surface area contributed by atoms with Crippen molar-refractivity contribution in [1.82, 2.24) is 15.4 Å². The maximum atomic E-state index is 12.8. The van der Waals surface area contributed by atoms with E-state index >= 15 is 0 Å². The van der Waals surface area contributed by atoms with Crippen LogP contribution in [-0.4, -0.2) is 41.1 Å². The Morgan fingerprint density at radius 1 is 1.22 bits per heavy atom. The van der Waals surface area contributed by atoms with E-state index in [-0.39, 0.29) is 18.6 Å². The number of carbonyl (C=O) groups excluding carboxylic acids is 1. The highest BCUT2D eigenvalue weighted by molar-refractivity contribution is 5.94. The van der Waals surface area contributed by atoms with E-state index in [0.29, 0.717) is 29.1 Å². The lowest BCUT2D eigenvalue weighted by molar-refractivity contribution is 0.0871. The molecular formula is C21H27N3O3. The third-order valence-electron chi connectivity index (χ3n) is 6.04. The predicted octanol–water partition coefficient (Wildman–Crippen LogP) is 3.23. The smallest absolute Gasteiger partial charge is 0.274 e. The molecule has 2 saturated heterocycles. The molecule has 1 aromatic carbocycles. The SMILES string of the molecule is Cc1ccc(OCc2c(C(=O)NC3CC4CCC(C3)N4C)noc2C)cc1. The average Bonchev–Trinajstić information content (AvgIpc) is 3.09. The van der Waals surface area contributed by atoms with E-state index in [1.54, 1.807) is 0 Å². The topological polar surface area (TPSA) is 67.6 Å². The second-order valence-corrected chi connectivity index (χ2v) is 7.86. The van der Waals surface area contributed by atoms with Crippen LogP contribution in [0.4, 0.5) is 0 Å². The summed E-state index contributed by atoms with van der Waals surface area (Å²) in [5.41, 5.74) is 2.23. The normalized spacial score (nSPS) is 24.8. The molecule has 1 aromatic heterocycles. The molecule has 1 amide bonds. The first kappa shape index (κ1) is 18.0. The van der Waals surface area contributed by atoms with Gasteiger partial charge < -0.3 is 19.5 Å². The van der Waals surface area contributed by atoms with Crippen LogP contribution in [0.1, 0.15) is 53.1 Å². The van der Waals surface area contributed by atoms with Gasteiger partial charge in [0.15, 0.2) is 5.69 Å². The molecule has 0 radical (unpaired) electrons. The number of hydrogen-bond acceptors (Lipinski definition) is 5. The van der Waals surface area contributed by atoms with Gasteiger partial charge in [-0.25, -0.2) is 0 Å². The van der Waals surface area contributed by atoms with Crippen molar-refractivity contribution < 1.29 is 14.1 Å². The summed E-state index contributed by atoms with van der Waals surface area (Å²) in [6.45, 7) is 4.11. The van der Waals surface area contributed by atoms with Crippen molar-refractivity contribution in [3.05, 3.63) is 46.8 Å². The zero-order valence-electron chi connectivity index (χ0n) is 16.2. The predicted molar refractivity (Wildman–Crippen MR) is 102 cm³/mol. The number of piperidine rings is 1. The van der Waals surface area contributed by atoms with Crippen LogP contribution in [0.25, 0.3) is 0 Å². The van der Waals surface area contributed by atoms with Gasteiger partial charge in [-0.2, -0.15) is 0 Å². The van der Waals surface area contributed by atoms with Crippen LogP contribution in [0.15, 0.2) is 28.8 Å². The number of nitrogens with one attached hydrogen (secondary N) is 1. The summed E-state index contributed by atoms with van der Waals surface area (Å²) in [5.74, 6) is 1.22. The molecule has 1 N–H and O–H groups in total. The van der Waals surface area contributed by atoms with Crippen molar-refractivity contribution in [3.63, 3.8) is 0 Å². The Balaban J connectivity index is 1.41. The van der Waals surface area contributed by atoms with Crippen LogP contribution in [0.5, 0.6) is 5.75 Å². The zero-order chi connectivity index (χ0) is 19.0. The molecule has 2 aromatic rings. The van der Waals surface area contributed by atoms with Gasteiger partial charge >= 0.3 is 0 Å². The lowest BCUT2D eigenvalue weighted by atomic mass is 9.98. The van der Waals surface area contributed by atoms with Crippen LogP contribution < -0.4 is 10.1 Å². The number of aryl methyl sites for hydroxylation is 2. The first-order valence-electron chi connectivity index (χ1n) is 9.68. The van der Waals surface area contributed by atoms with E-state index in [1.165, 1.54) is 18.4 Å². The minimum absolute atomic E-state index is 0.164. The minimum atomic E-state index is -0.164. The summed E-state index contributed by atoms with van der Waals surface area (Å²) in [7, 11) is 2.20. The van der Waals surface area contributed by atoms with Crippen molar-refractivity contribution in [2.45, 2.75) is 64.3 Å². The van der Waals surface area contributed by atoms with Gasteiger partial charge in [0.25, 0.3) is 5.91 Å². The molecular weight excluding hydrogens is 342 g/mol. The van der Waals surface area contributed by atoms with Crippen molar-refractivity contribution in [2.24, 2.45) is 0 Å². The highest BCUT2D eigenvalue weighted by Gasteiger charge is 2.39. The van der Waals surface area contributed by atoms with Gasteiger partial charge in [-0.3, -0.25) is 4.79 Å².